The van der Waals surface area contributed by atoms with Gasteiger partial charge in [-0.25, -0.2) is 0 Å². The van der Waals surface area contributed by atoms with E-state index in [-0.39, 0.29) is 0 Å². The minimum absolute atomic E-state index is 0.606. The summed E-state index contributed by atoms with van der Waals surface area (Å²) in [6, 6.07) is 2.96. The topological polar surface area (TPSA) is 12.0 Å². The number of fused-ring (bicyclic) bond motifs is 1. The Morgan fingerprint density at radius 3 is 3.21 bits per heavy atom. The molecule has 0 fully saturated rings. The Morgan fingerprint density at radius 1 is 1.53 bits per heavy atom. The van der Waals surface area contributed by atoms with Gasteiger partial charge < -0.3 is 5.32 Å². The molecular formula is C17H25NS. The van der Waals surface area contributed by atoms with E-state index in [1.807, 2.05) is 18.3 Å². The molecule has 0 aliphatic heterocycles. The van der Waals surface area contributed by atoms with Crippen LogP contribution in [0.2, 0.25) is 0 Å². The first-order chi connectivity index (χ1) is 9.36. The molecule has 104 valence electrons. The lowest BCUT2D eigenvalue weighted by Gasteiger charge is -2.31. The molecule has 0 aromatic carbocycles. The molecule has 1 nitrogen and oxygen atoms in total. The third-order valence-corrected chi connectivity index (χ3v) is 4.99. The van der Waals surface area contributed by atoms with Crippen molar-refractivity contribution < 1.29 is 0 Å². The predicted molar refractivity (Wildman–Crippen MR) is 84.8 cm³/mol. The molecular weight excluding hydrogens is 250 g/mol. The Hall–Kier alpha value is -0.780. The van der Waals surface area contributed by atoms with Crippen molar-refractivity contribution in [1.82, 2.24) is 5.32 Å². The van der Waals surface area contributed by atoms with E-state index in [0.717, 1.165) is 13.0 Å². The molecule has 1 aromatic heterocycles. The zero-order valence-electron chi connectivity index (χ0n) is 12.2. The standard InChI is InChI=1S/C17H25NS/c1-3-5-6-9-16(18-12-4-2)14-8-7-10-17-15(14)11-13-19-17/h11,13-14,16,18H,4,6-10,12H2,1-2H3. The largest absolute Gasteiger partial charge is 0.313 e. The Labute approximate surface area is 121 Å². The predicted octanol–water partition coefficient (Wildman–Crippen LogP) is 4.34. The van der Waals surface area contributed by atoms with Crippen LogP contribution >= 0.6 is 11.3 Å². The van der Waals surface area contributed by atoms with Crippen molar-refractivity contribution in [1.29, 1.82) is 0 Å². The number of rotatable bonds is 6. The monoisotopic (exact) mass is 275 g/mol. The molecule has 19 heavy (non-hydrogen) atoms. The molecule has 1 aliphatic rings. The zero-order valence-corrected chi connectivity index (χ0v) is 13.0. The van der Waals surface area contributed by atoms with Crippen molar-refractivity contribution in [3.8, 4) is 11.8 Å². The second-order valence-electron chi connectivity index (χ2n) is 5.32. The minimum Gasteiger partial charge on any atom is -0.313 e. The lowest BCUT2D eigenvalue weighted by Crippen LogP contribution is -2.36. The van der Waals surface area contributed by atoms with E-state index < -0.39 is 0 Å². The van der Waals surface area contributed by atoms with E-state index >= 15 is 0 Å². The molecule has 0 spiro atoms. The maximum absolute atomic E-state index is 3.77. The molecule has 1 aromatic rings. The summed E-state index contributed by atoms with van der Waals surface area (Å²) in [5.74, 6) is 6.95. The van der Waals surface area contributed by atoms with Gasteiger partial charge in [-0.05, 0) is 62.6 Å². The summed E-state index contributed by atoms with van der Waals surface area (Å²) in [5, 5.41) is 6.04. The van der Waals surface area contributed by atoms with Gasteiger partial charge >= 0.3 is 0 Å². The second kappa shape index (κ2) is 7.72. The van der Waals surface area contributed by atoms with Gasteiger partial charge in [-0.2, -0.15) is 0 Å². The van der Waals surface area contributed by atoms with Crippen LogP contribution in [0.5, 0.6) is 0 Å². The first-order valence-electron chi connectivity index (χ1n) is 7.56. The Kier molecular flexibility index (Phi) is 5.94. The van der Waals surface area contributed by atoms with Crippen molar-refractivity contribution in [3.63, 3.8) is 0 Å². The summed E-state index contributed by atoms with van der Waals surface area (Å²) in [6.45, 7) is 5.30. The van der Waals surface area contributed by atoms with Crippen molar-refractivity contribution in [2.75, 3.05) is 6.54 Å². The molecule has 0 saturated heterocycles. The molecule has 1 N–H and O–H groups in total. The van der Waals surface area contributed by atoms with Crippen LogP contribution in [0.3, 0.4) is 0 Å². The highest BCUT2D eigenvalue weighted by atomic mass is 32.1. The van der Waals surface area contributed by atoms with Gasteiger partial charge in [0.25, 0.3) is 0 Å². The maximum atomic E-state index is 3.77. The quantitative estimate of drug-likeness (QED) is 0.762. The van der Waals surface area contributed by atoms with E-state index in [1.165, 1.54) is 32.1 Å². The second-order valence-corrected chi connectivity index (χ2v) is 6.32. The lowest BCUT2D eigenvalue weighted by molar-refractivity contribution is 0.378. The number of aryl methyl sites for hydroxylation is 1. The van der Waals surface area contributed by atoms with E-state index in [4.69, 9.17) is 0 Å². The average molecular weight is 275 g/mol. The third-order valence-electron chi connectivity index (χ3n) is 4.00. The zero-order chi connectivity index (χ0) is 13.5. The average Bonchev–Trinajstić information content (AvgIpc) is 2.91. The molecule has 2 heteroatoms. The third kappa shape index (κ3) is 3.84. The van der Waals surface area contributed by atoms with Gasteiger partial charge in [-0.15, -0.1) is 23.2 Å². The molecule has 0 radical (unpaired) electrons. The van der Waals surface area contributed by atoms with E-state index in [2.05, 4.69) is 35.5 Å². The summed E-state index contributed by atoms with van der Waals surface area (Å²) in [4.78, 5) is 1.63. The van der Waals surface area contributed by atoms with Gasteiger partial charge in [0.05, 0.1) is 0 Å². The Morgan fingerprint density at radius 2 is 2.42 bits per heavy atom. The van der Waals surface area contributed by atoms with E-state index in [9.17, 15) is 0 Å². The van der Waals surface area contributed by atoms with Crippen molar-refractivity contribution >= 4 is 11.3 Å². The fraction of sp³-hybridized carbons (Fsp3) is 0.647. The molecule has 2 rings (SSSR count). The molecule has 1 aliphatic carbocycles. The van der Waals surface area contributed by atoms with Crippen LogP contribution in [0.25, 0.3) is 0 Å². The van der Waals surface area contributed by atoms with Gasteiger partial charge in [0, 0.05) is 23.3 Å². The van der Waals surface area contributed by atoms with Gasteiger partial charge in [-0.3, -0.25) is 0 Å². The number of hydrogen-bond acceptors (Lipinski definition) is 2. The highest BCUT2D eigenvalue weighted by Crippen LogP contribution is 2.38. The summed E-state index contributed by atoms with van der Waals surface area (Å²) in [7, 11) is 0. The van der Waals surface area contributed by atoms with Crippen LogP contribution in [0.15, 0.2) is 11.4 Å². The van der Waals surface area contributed by atoms with Gasteiger partial charge in [0.15, 0.2) is 0 Å². The Bertz CT molecular complexity index is 438. The van der Waals surface area contributed by atoms with Crippen LogP contribution in [0.1, 0.15) is 62.3 Å². The van der Waals surface area contributed by atoms with Crippen molar-refractivity contribution in [2.45, 2.75) is 64.3 Å². The summed E-state index contributed by atoms with van der Waals surface area (Å²) in [6.07, 6.45) is 7.39. The van der Waals surface area contributed by atoms with Gasteiger partial charge in [0.1, 0.15) is 0 Å². The highest BCUT2D eigenvalue weighted by Gasteiger charge is 2.27. The number of hydrogen-bond donors (Lipinski definition) is 1. The Balaban J connectivity index is 2.06. The molecule has 2 unspecified atom stereocenters. The summed E-state index contributed by atoms with van der Waals surface area (Å²) >= 11 is 1.94. The minimum atomic E-state index is 0.606. The fourth-order valence-corrected chi connectivity index (χ4v) is 4.06. The lowest BCUT2D eigenvalue weighted by atomic mass is 9.81. The van der Waals surface area contributed by atoms with Crippen LogP contribution < -0.4 is 5.32 Å². The number of nitrogens with one attached hydrogen (secondary N) is 1. The number of thiophene rings is 1. The highest BCUT2D eigenvalue weighted by molar-refractivity contribution is 7.10. The molecule has 0 bridgehead atoms. The van der Waals surface area contributed by atoms with Crippen molar-refractivity contribution in [2.24, 2.45) is 0 Å². The molecule has 0 saturated carbocycles. The van der Waals surface area contributed by atoms with E-state index in [0.29, 0.717) is 12.0 Å². The normalized spacial score (nSPS) is 19.4. The smallest absolute Gasteiger partial charge is 0.0145 e. The van der Waals surface area contributed by atoms with Crippen LogP contribution in [0, 0.1) is 11.8 Å². The SMILES string of the molecule is CC#CCCC(NCCC)C1CCCc2sccc21. The van der Waals surface area contributed by atoms with Gasteiger partial charge in [0.2, 0.25) is 0 Å². The molecule has 2 atom stereocenters. The molecule has 1 heterocycles. The first kappa shape index (κ1) is 14.6. The molecule has 0 amide bonds. The maximum Gasteiger partial charge on any atom is 0.0145 e. The van der Waals surface area contributed by atoms with Crippen LogP contribution in [-0.2, 0) is 6.42 Å². The van der Waals surface area contributed by atoms with Crippen LogP contribution in [0.4, 0.5) is 0 Å². The fourth-order valence-electron chi connectivity index (χ4n) is 3.07. The van der Waals surface area contributed by atoms with E-state index in [1.54, 1.807) is 10.4 Å². The van der Waals surface area contributed by atoms with Crippen LogP contribution in [-0.4, -0.2) is 12.6 Å². The summed E-state index contributed by atoms with van der Waals surface area (Å²) in [5.41, 5.74) is 1.62. The van der Waals surface area contributed by atoms with Gasteiger partial charge in [-0.1, -0.05) is 6.92 Å². The summed E-state index contributed by atoms with van der Waals surface area (Å²) < 4.78 is 0. The van der Waals surface area contributed by atoms with Crippen molar-refractivity contribution in [3.05, 3.63) is 21.9 Å². The first-order valence-corrected chi connectivity index (χ1v) is 8.44.